The van der Waals surface area contributed by atoms with Crippen LogP contribution in [0.5, 0.6) is 11.5 Å². The van der Waals surface area contributed by atoms with Crippen LogP contribution in [-0.2, 0) is 10.5 Å². The van der Waals surface area contributed by atoms with Crippen molar-refractivity contribution in [1.29, 1.82) is 5.26 Å². The van der Waals surface area contributed by atoms with E-state index in [0.29, 0.717) is 40.9 Å². The van der Waals surface area contributed by atoms with Crippen molar-refractivity contribution in [2.75, 3.05) is 19.0 Å². The van der Waals surface area contributed by atoms with E-state index in [4.69, 9.17) is 9.47 Å². The Labute approximate surface area is 198 Å². The molecule has 2 atom stereocenters. The van der Waals surface area contributed by atoms with Crippen molar-refractivity contribution < 1.29 is 19.4 Å². The lowest BCUT2D eigenvalue weighted by atomic mass is 9.85. The number of fused-ring (bicyclic) bond motifs is 1. The monoisotopic (exact) mass is 464 g/mol. The molecule has 0 bridgehead atoms. The summed E-state index contributed by atoms with van der Waals surface area (Å²) in [6.07, 6.45) is 0.980. The van der Waals surface area contributed by atoms with Crippen LogP contribution in [0.2, 0.25) is 0 Å². The fourth-order valence-electron chi connectivity index (χ4n) is 4.28. The molecule has 33 heavy (non-hydrogen) atoms. The van der Waals surface area contributed by atoms with E-state index in [0.717, 1.165) is 17.5 Å². The second kappa shape index (κ2) is 9.50. The van der Waals surface area contributed by atoms with E-state index in [9.17, 15) is 15.2 Å². The molecular formula is C26H28N2O4S. The highest BCUT2D eigenvalue weighted by atomic mass is 32.2. The Bertz CT molecular complexity index is 1120. The second-order valence-corrected chi connectivity index (χ2v) is 9.24. The number of nitriles is 1. The zero-order chi connectivity index (χ0) is 23.6. The fourth-order valence-corrected chi connectivity index (χ4v) is 5.64. The lowest BCUT2D eigenvalue weighted by Crippen LogP contribution is -2.48. The van der Waals surface area contributed by atoms with E-state index in [1.807, 2.05) is 63.2 Å². The van der Waals surface area contributed by atoms with Crippen molar-refractivity contribution in [2.45, 2.75) is 45.3 Å². The molecule has 0 aliphatic carbocycles. The number of hydrogen-bond donors (Lipinski definition) is 1. The largest absolute Gasteiger partial charge is 0.490 e. The Hall–Kier alpha value is -2.95. The number of rotatable bonds is 7. The maximum atomic E-state index is 13.3. The zero-order valence-corrected chi connectivity index (χ0v) is 19.9. The van der Waals surface area contributed by atoms with Gasteiger partial charge in [0.2, 0.25) is 5.91 Å². The molecule has 1 amide bonds. The molecule has 2 aliphatic heterocycles. The summed E-state index contributed by atoms with van der Waals surface area (Å²) in [6, 6.07) is 15.4. The number of ether oxygens (including phenoxy) is 2. The van der Waals surface area contributed by atoms with E-state index < -0.39 is 11.6 Å². The van der Waals surface area contributed by atoms with Crippen molar-refractivity contribution in [3.05, 3.63) is 69.8 Å². The van der Waals surface area contributed by atoms with Crippen molar-refractivity contribution in [2.24, 2.45) is 0 Å². The van der Waals surface area contributed by atoms with Gasteiger partial charge in [-0.2, -0.15) is 5.26 Å². The number of amides is 1. The lowest BCUT2D eigenvalue weighted by molar-refractivity contribution is -0.149. The molecule has 1 fully saturated rings. The molecular weight excluding hydrogens is 436 g/mol. The minimum atomic E-state index is -1.47. The number of carbonyl (C=O) groups excluding carboxylic acids is 1. The first-order valence-electron chi connectivity index (χ1n) is 11.2. The van der Waals surface area contributed by atoms with E-state index in [-0.39, 0.29) is 18.1 Å². The van der Waals surface area contributed by atoms with Gasteiger partial charge in [0.25, 0.3) is 0 Å². The Morgan fingerprint density at radius 3 is 2.61 bits per heavy atom. The fraction of sp³-hybridized carbons (Fsp3) is 0.385. The molecule has 2 aromatic carbocycles. The van der Waals surface area contributed by atoms with Crippen LogP contribution in [0.4, 0.5) is 0 Å². The first-order valence-corrected chi connectivity index (χ1v) is 12.2. The van der Waals surface area contributed by atoms with Crippen LogP contribution in [0.1, 0.15) is 49.3 Å². The van der Waals surface area contributed by atoms with Crippen LogP contribution >= 0.6 is 11.8 Å². The first-order chi connectivity index (χ1) is 15.9. The first kappa shape index (κ1) is 23.2. The van der Waals surface area contributed by atoms with E-state index in [2.05, 4.69) is 6.07 Å². The van der Waals surface area contributed by atoms with Crippen molar-refractivity contribution in [3.63, 3.8) is 0 Å². The number of aliphatic hydroxyl groups is 1. The molecule has 6 nitrogen and oxygen atoms in total. The van der Waals surface area contributed by atoms with Gasteiger partial charge in [0.05, 0.1) is 35.6 Å². The molecule has 1 saturated heterocycles. The molecule has 0 unspecified atom stereocenters. The number of allylic oxidation sites excluding steroid dienone is 1. The molecule has 0 aromatic heterocycles. The number of carbonyl (C=O) groups is 1. The number of hydrogen-bond acceptors (Lipinski definition) is 6. The summed E-state index contributed by atoms with van der Waals surface area (Å²) in [6.45, 7) is 6.98. The minimum absolute atomic E-state index is 0.0991. The number of benzene rings is 2. The van der Waals surface area contributed by atoms with Gasteiger partial charge in [-0.25, -0.2) is 0 Å². The smallest absolute Gasteiger partial charge is 0.231 e. The quantitative estimate of drug-likeness (QED) is 0.632. The van der Waals surface area contributed by atoms with Crippen LogP contribution in [-0.4, -0.2) is 34.9 Å². The average Bonchev–Trinajstić information content (AvgIpc) is 3.17. The molecule has 0 radical (unpaired) electrons. The summed E-state index contributed by atoms with van der Waals surface area (Å²) in [5.74, 6) is 0.938. The number of thioether (sulfide) groups is 1. The molecule has 0 spiro atoms. The van der Waals surface area contributed by atoms with Crippen molar-refractivity contribution >= 4 is 17.7 Å². The Morgan fingerprint density at radius 2 is 1.94 bits per heavy atom. The van der Waals surface area contributed by atoms with Gasteiger partial charge in [-0.3, -0.25) is 9.69 Å². The molecule has 2 aliphatic rings. The topological polar surface area (TPSA) is 82.8 Å². The zero-order valence-electron chi connectivity index (χ0n) is 19.1. The van der Waals surface area contributed by atoms with Gasteiger partial charge in [-0.05, 0) is 38.0 Å². The molecule has 7 heteroatoms. The molecule has 2 heterocycles. The second-order valence-electron chi connectivity index (χ2n) is 8.28. The molecule has 1 N–H and O–H groups in total. The minimum Gasteiger partial charge on any atom is -0.490 e. The summed E-state index contributed by atoms with van der Waals surface area (Å²) >= 11 is 1.35. The van der Waals surface area contributed by atoms with Crippen LogP contribution in [0.25, 0.3) is 0 Å². The van der Waals surface area contributed by atoms with Crippen molar-refractivity contribution in [1.82, 2.24) is 4.90 Å². The normalized spacial score (nSPS) is 22.2. The molecule has 2 aromatic rings. The predicted octanol–water partition coefficient (Wildman–Crippen LogP) is 4.83. The maximum Gasteiger partial charge on any atom is 0.231 e. The van der Waals surface area contributed by atoms with Crippen LogP contribution in [0.15, 0.2) is 53.1 Å². The number of aryl methyl sites for hydroxylation is 1. The third kappa shape index (κ3) is 4.21. The Morgan fingerprint density at radius 1 is 1.18 bits per heavy atom. The van der Waals surface area contributed by atoms with Crippen LogP contribution in [0.3, 0.4) is 0 Å². The average molecular weight is 465 g/mol. The molecule has 172 valence electrons. The van der Waals surface area contributed by atoms with Gasteiger partial charge in [-0.1, -0.05) is 42.8 Å². The van der Waals surface area contributed by atoms with E-state index in [1.165, 1.54) is 16.7 Å². The van der Waals surface area contributed by atoms with E-state index in [1.54, 1.807) is 0 Å². The summed E-state index contributed by atoms with van der Waals surface area (Å²) in [7, 11) is 0. The predicted molar refractivity (Wildman–Crippen MR) is 128 cm³/mol. The Kier molecular flexibility index (Phi) is 6.68. The highest BCUT2D eigenvalue weighted by Crippen LogP contribution is 2.52. The van der Waals surface area contributed by atoms with Crippen LogP contribution < -0.4 is 9.47 Å². The summed E-state index contributed by atoms with van der Waals surface area (Å²) < 4.78 is 11.6. The molecule has 0 saturated carbocycles. The maximum absolute atomic E-state index is 13.3. The number of nitrogens with zero attached hydrogens (tertiary/aromatic N) is 2. The lowest BCUT2D eigenvalue weighted by Gasteiger charge is -2.38. The standard InChI is InChI=1S/C26H28N2O4S/c1-4-12-32-22-11-8-18(13-23(22)31-5-2)20-14-24(29)28-25(21(20)15-27)33-16-26(28,30)19-9-6-17(3)7-10-19/h6-11,13,20,30H,4-5,12,14,16H2,1-3H3/t20-,26+/m0/s1. The van der Waals surface area contributed by atoms with Crippen molar-refractivity contribution in [3.8, 4) is 17.6 Å². The van der Waals surface area contributed by atoms with Crippen LogP contribution in [0, 0.1) is 18.3 Å². The highest BCUT2D eigenvalue weighted by Gasteiger charge is 2.51. The highest BCUT2D eigenvalue weighted by molar-refractivity contribution is 8.03. The summed E-state index contributed by atoms with van der Waals surface area (Å²) in [5, 5.41) is 22.1. The SMILES string of the molecule is CCCOc1ccc([C@@H]2CC(=O)N3C(=C2C#N)SC[C@@]3(O)c2ccc(C)cc2)cc1OCC. The summed E-state index contributed by atoms with van der Waals surface area (Å²) in [4.78, 5) is 14.8. The molecule has 4 rings (SSSR count). The third-order valence-corrected chi connectivity index (χ3v) is 7.18. The summed E-state index contributed by atoms with van der Waals surface area (Å²) in [5.41, 5.74) is 1.57. The van der Waals surface area contributed by atoms with Gasteiger partial charge in [0, 0.05) is 17.9 Å². The van der Waals surface area contributed by atoms with E-state index >= 15 is 0 Å². The van der Waals surface area contributed by atoms with Gasteiger partial charge >= 0.3 is 0 Å². The van der Waals surface area contributed by atoms with Gasteiger partial charge in [-0.15, -0.1) is 11.8 Å². The van der Waals surface area contributed by atoms with Gasteiger partial charge in [0.1, 0.15) is 0 Å². The Balaban J connectivity index is 1.73. The third-order valence-electron chi connectivity index (χ3n) is 5.96. The van der Waals surface area contributed by atoms with Gasteiger partial charge in [0.15, 0.2) is 17.2 Å². The van der Waals surface area contributed by atoms with Gasteiger partial charge < -0.3 is 14.6 Å².